The second-order valence-electron chi connectivity index (χ2n) is 19.3. The minimum atomic E-state index is -5.60. The third-order valence-electron chi connectivity index (χ3n) is 12.2. The van der Waals surface area contributed by atoms with E-state index in [-0.39, 0.29) is 78.2 Å². The molecule has 4 heterocycles. The number of nitrogens with zero attached hydrogens (tertiary/aromatic N) is 4. The third kappa shape index (κ3) is 22.3. The molecule has 2 aliphatic heterocycles. The number of hydrogen-bond acceptors (Lipinski definition) is 23. The van der Waals surface area contributed by atoms with Crippen LogP contribution in [0.5, 0.6) is 0 Å². The first-order valence-corrected chi connectivity index (χ1v) is 30.3. The zero-order valence-corrected chi connectivity index (χ0v) is 46.3. The fourth-order valence-corrected chi connectivity index (χ4v) is 11.5. The molecule has 2 aromatic heterocycles. The van der Waals surface area contributed by atoms with E-state index in [1.807, 2.05) is 6.92 Å². The van der Waals surface area contributed by atoms with Crippen LogP contribution in [0.15, 0.2) is 12.7 Å². The molecular weight excluding hydrogens is 1090 g/mol. The normalized spacial score (nSPS) is 24.6. The number of carbonyl (C=O) groups is 4. The maximum Gasteiger partial charge on any atom is 0.481 e. The van der Waals surface area contributed by atoms with Gasteiger partial charge in [0.1, 0.15) is 48.1 Å². The number of rotatable bonds is 35. The first-order chi connectivity index (χ1) is 35.6. The summed E-state index contributed by atoms with van der Waals surface area (Å²) in [5.74, 6) is -1.50. The van der Waals surface area contributed by atoms with Crippen molar-refractivity contribution in [3.63, 3.8) is 0 Å². The molecule has 0 saturated carbocycles. The Morgan fingerprint density at radius 2 is 1.53 bits per heavy atom. The molecule has 4 rings (SSSR count). The lowest BCUT2D eigenvalue weighted by Gasteiger charge is -2.36. The Kier molecular flexibility index (Phi) is 26.4. The topological polar surface area (TPSA) is 440 Å². The van der Waals surface area contributed by atoms with E-state index in [0.717, 1.165) is 86.8 Å². The van der Waals surface area contributed by atoms with Crippen molar-refractivity contribution < 1.29 is 105 Å². The molecular formula is C43H74N7O22P3S. The molecule has 2 unspecified atom stereocenters. The number of phosphoric acid groups is 3. The van der Waals surface area contributed by atoms with Gasteiger partial charge in [0.2, 0.25) is 11.8 Å². The average molecular weight is 1170 g/mol. The van der Waals surface area contributed by atoms with Crippen LogP contribution in [0.25, 0.3) is 11.2 Å². The van der Waals surface area contributed by atoms with Gasteiger partial charge >= 0.3 is 23.5 Å². The minimum Gasteiger partial charge on any atom is -0.390 e. The van der Waals surface area contributed by atoms with Gasteiger partial charge in [-0.05, 0) is 26.7 Å². The van der Waals surface area contributed by atoms with E-state index in [1.165, 1.54) is 13.8 Å². The molecule has 0 aromatic carbocycles. The van der Waals surface area contributed by atoms with Crippen LogP contribution < -0.4 is 16.4 Å². The molecule has 434 valence electrons. The lowest BCUT2D eigenvalue weighted by atomic mass is 9.87. The Balaban J connectivity index is 1.02. The number of phosphoric ester groups is 3. The Hall–Kier alpha value is -2.93. The smallest absolute Gasteiger partial charge is 0.390 e. The van der Waals surface area contributed by atoms with E-state index in [2.05, 4.69) is 34.4 Å². The standard InChI is InChI=1S/C43H74N7O22P3S/c1-26(68-42-30(53)21-29(52)27(2)69-42)14-12-10-8-6-5-7-9-11-13-15-28(51)20-33(55)76-19-18-45-32(54)16-17-46-40(58)37(57)43(3,4)23-67-75(64,65)72-74(62,63)66-22-31-36(71-73(59,60)61)35(56)41(70-31)50-25-49-34-38(44)47-24-48-39(34)50/h24-27,29-31,35-37,41-42,52-53,56-57H,5-23H2,1-4H3,(H,45,54)(H,46,58)(H,62,63)(H,64,65)(H2,44,47,48)(H2,59,60,61)/t26-,27+,29-,30-,31-,35-,36-,37+,41-,42-/m1/s1. The average Bonchev–Trinajstić information content (AvgIpc) is 3.89. The van der Waals surface area contributed by atoms with Crippen molar-refractivity contribution in [2.24, 2.45) is 5.41 Å². The number of aliphatic hydroxyl groups is 4. The molecule has 2 fully saturated rings. The van der Waals surface area contributed by atoms with Gasteiger partial charge in [0, 0.05) is 43.5 Å². The summed E-state index contributed by atoms with van der Waals surface area (Å²) >= 11 is 0.914. The number of ketones is 1. The zero-order valence-electron chi connectivity index (χ0n) is 42.8. The molecule has 0 aliphatic carbocycles. The van der Waals surface area contributed by atoms with E-state index in [4.69, 9.17) is 29.0 Å². The monoisotopic (exact) mass is 1170 g/mol. The fraction of sp³-hybridized carbons (Fsp3) is 0.791. The lowest BCUT2D eigenvalue weighted by molar-refractivity contribution is -0.273. The Bertz CT molecular complexity index is 2350. The summed E-state index contributed by atoms with van der Waals surface area (Å²) in [7, 11) is -16.5. The number of imidazole rings is 1. The highest BCUT2D eigenvalue weighted by atomic mass is 32.2. The minimum absolute atomic E-state index is 0.0200. The lowest BCUT2D eigenvalue weighted by Crippen LogP contribution is -2.48. The summed E-state index contributed by atoms with van der Waals surface area (Å²) in [6, 6.07) is 0. The van der Waals surface area contributed by atoms with Crippen molar-refractivity contribution in [3.8, 4) is 0 Å². The second kappa shape index (κ2) is 30.6. The number of unbranched alkanes of at least 4 members (excludes halogenated alkanes) is 8. The third-order valence-corrected chi connectivity index (χ3v) is 16.2. The Labute approximate surface area is 443 Å². The summed E-state index contributed by atoms with van der Waals surface area (Å²) in [6.45, 7) is 3.98. The van der Waals surface area contributed by atoms with Crippen molar-refractivity contribution in [2.75, 3.05) is 37.8 Å². The van der Waals surface area contributed by atoms with Gasteiger partial charge < -0.3 is 70.6 Å². The highest BCUT2D eigenvalue weighted by Gasteiger charge is 2.50. The van der Waals surface area contributed by atoms with Crippen LogP contribution in [-0.4, -0.2) is 169 Å². The van der Waals surface area contributed by atoms with Gasteiger partial charge in [0.25, 0.3) is 0 Å². The Morgan fingerprint density at radius 3 is 2.20 bits per heavy atom. The molecule has 33 heteroatoms. The molecule has 76 heavy (non-hydrogen) atoms. The van der Waals surface area contributed by atoms with E-state index in [9.17, 15) is 72.9 Å². The van der Waals surface area contributed by atoms with Crippen LogP contribution in [0.4, 0.5) is 5.82 Å². The number of carbonyl (C=O) groups excluding carboxylic acids is 4. The molecule has 0 bridgehead atoms. The van der Waals surface area contributed by atoms with Gasteiger partial charge in [0.05, 0.1) is 44.3 Å². The molecule has 0 spiro atoms. The largest absolute Gasteiger partial charge is 0.481 e. The molecule has 29 nitrogen and oxygen atoms in total. The van der Waals surface area contributed by atoms with Gasteiger partial charge in [-0.15, -0.1) is 0 Å². The first-order valence-electron chi connectivity index (χ1n) is 24.8. The van der Waals surface area contributed by atoms with Gasteiger partial charge in [0.15, 0.2) is 29.1 Å². The number of amides is 2. The van der Waals surface area contributed by atoms with Crippen LogP contribution in [0.2, 0.25) is 0 Å². The van der Waals surface area contributed by atoms with Crippen molar-refractivity contribution in [3.05, 3.63) is 12.7 Å². The quantitative estimate of drug-likeness (QED) is 0.0268. The molecule has 0 radical (unpaired) electrons. The summed E-state index contributed by atoms with van der Waals surface area (Å²) < 4.78 is 73.9. The van der Waals surface area contributed by atoms with Crippen LogP contribution in [-0.2, 0) is 65.0 Å². The fourth-order valence-electron chi connectivity index (χ4n) is 7.95. The predicted octanol–water partition coefficient (Wildman–Crippen LogP) is 2.18. The number of Topliss-reactive ketones (excluding diaryl/α,β-unsaturated/α-hetero) is 1. The van der Waals surface area contributed by atoms with Crippen molar-refractivity contribution in [2.45, 2.75) is 179 Å². The highest BCUT2D eigenvalue weighted by molar-refractivity contribution is 8.13. The van der Waals surface area contributed by atoms with Gasteiger partial charge in [-0.1, -0.05) is 77.0 Å². The number of fused-ring (bicyclic) bond motifs is 1. The number of nitrogen functional groups attached to an aromatic ring is 1. The number of ether oxygens (including phenoxy) is 3. The highest BCUT2D eigenvalue weighted by Crippen LogP contribution is 2.61. The van der Waals surface area contributed by atoms with Gasteiger partial charge in [-0.2, -0.15) is 4.31 Å². The number of nitrogens with one attached hydrogen (secondary N) is 2. The molecule has 2 aliphatic rings. The van der Waals surface area contributed by atoms with E-state index < -0.39 is 103 Å². The van der Waals surface area contributed by atoms with Crippen LogP contribution in [0.1, 0.15) is 124 Å². The molecule has 12 N–H and O–H groups in total. The van der Waals surface area contributed by atoms with Crippen LogP contribution in [0, 0.1) is 5.41 Å². The Morgan fingerprint density at radius 1 is 0.882 bits per heavy atom. The van der Waals surface area contributed by atoms with Gasteiger partial charge in [-0.3, -0.25) is 37.3 Å². The number of nitrogens with two attached hydrogens (primary N) is 1. The maximum absolute atomic E-state index is 12.8. The number of aliphatic hydroxyl groups excluding tert-OH is 4. The van der Waals surface area contributed by atoms with Gasteiger partial charge in [-0.25, -0.2) is 28.6 Å². The van der Waals surface area contributed by atoms with Crippen molar-refractivity contribution in [1.82, 2.24) is 30.2 Å². The van der Waals surface area contributed by atoms with E-state index in [1.54, 1.807) is 6.92 Å². The first kappa shape index (κ1) is 65.6. The molecule has 2 aromatic rings. The number of hydrogen-bond donors (Lipinski definition) is 11. The molecule has 2 amide bonds. The van der Waals surface area contributed by atoms with Crippen molar-refractivity contribution in [1.29, 1.82) is 0 Å². The summed E-state index contributed by atoms with van der Waals surface area (Å²) in [5, 5.41) is 46.1. The maximum atomic E-state index is 12.8. The molecule has 2 saturated heterocycles. The molecule has 12 atom stereocenters. The van der Waals surface area contributed by atoms with Crippen molar-refractivity contribution >= 4 is 74.9 Å². The predicted molar refractivity (Wildman–Crippen MR) is 269 cm³/mol. The summed E-state index contributed by atoms with van der Waals surface area (Å²) in [4.78, 5) is 101. The SMILES string of the molecule is C[C@H](CCCCCCCCCCCC(=O)CC(=O)SCCNC(=O)CCNC(=O)[C@H](O)C(C)(C)COP(=O)(O)OP(=O)(O)OC[C@H]1O[C@@H](n2cnc3c(N)ncnc32)[C@H](O)[C@@H]1OP(=O)(O)O)O[C@@H]1O[C@@H](C)[C@H](O)C[C@H]1O. The number of thioether (sulfide) groups is 1. The zero-order chi connectivity index (χ0) is 56.4. The van der Waals surface area contributed by atoms with E-state index in [0.29, 0.717) is 12.8 Å². The second-order valence-corrected chi connectivity index (χ2v) is 24.6. The number of anilines is 1. The number of aromatic nitrogens is 4. The van der Waals surface area contributed by atoms with Crippen LogP contribution >= 0.6 is 35.2 Å². The van der Waals surface area contributed by atoms with Crippen LogP contribution in [0.3, 0.4) is 0 Å². The van der Waals surface area contributed by atoms with E-state index >= 15 is 0 Å². The summed E-state index contributed by atoms with van der Waals surface area (Å²) in [6.07, 6.45) is 0.478. The summed E-state index contributed by atoms with van der Waals surface area (Å²) in [5.41, 5.74) is 4.22.